The molecule has 2 aromatic carbocycles. The quantitative estimate of drug-likeness (QED) is 0.777. The van der Waals surface area contributed by atoms with E-state index in [1.807, 2.05) is 6.07 Å². The summed E-state index contributed by atoms with van der Waals surface area (Å²) in [7, 11) is 1.56. The average Bonchev–Trinajstić information content (AvgIpc) is 3.20. The zero-order chi connectivity index (χ0) is 19.1. The third-order valence-corrected chi connectivity index (χ3v) is 4.76. The number of methoxy groups -OCH3 is 1. The summed E-state index contributed by atoms with van der Waals surface area (Å²) in [5.41, 5.74) is 1.20. The number of hydrazone groups is 1. The first-order chi connectivity index (χ1) is 13.0. The molecule has 136 valence electrons. The highest BCUT2D eigenvalue weighted by Crippen LogP contribution is 2.38. The first-order valence-electron chi connectivity index (χ1n) is 8.48. The fourth-order valence-corrected chi connectivity index (χ4v) is 3.48. The molecule has 1 saturated heterocycles. The van der Waals surface area contributed by atoms with Gasteiger partial charge in [-0.15, -0.1) is 0 Å². The van der Waals surface area contributed by atoms with E-state index < -0.39 is 23.8 Å². The number of hydrogen-bond donors (Lipinski definition) is 0. The molecule has 7 heteroatoms. The zero-order valence-corrected chi connectivity index (χ0v) is 14.8. The van der Waals surface area contributed by atoms with Crippen molar-refractivity contribution in [2.24, 2.45) is 11.0 Å². The molecule has 2 aromatic rings. The van der Waals surface area contributed by atoms with Gasteiger partial charge in [-0.1, -0.05) is 18.2 Å². The number of ether oxygens (including phenoxy) is 1. The summed E-state index contributed by atoms with van der Waals surface area (Å²) >= 11 is 0. The average molecular weight is 363 g/mol. The van der Waals surface area contributed by atoms with Crippen molar-refractivity contribution in [3.8, 4) is 5.75 Å². The second-order valence-electron chi connectivity index (χ2n) is 6.35. The smallest absolute Gasteiger partial charge is 0.259 e. The van der Waals surface area contributed by atoms with Crippen LogP contribution in [0.5, 0.6) is 5.75 Å². The van der Waals surface area contributed by atoms with Crippen molar-refractivity contribution in [1.29, 1.82) is 0 Å². The molecule has 2 aliphatic heterocycles. The number of benzene rings is 2. The second kappa shape index (κ2) is 6.35. The van der Waals surface area contributed by atoms with E-state index in [0.717, 1.165) is 4.90 Å². The Kier molecular flexibility index (Phi) is 3.99. The molecule has 2 atom stereocenters. The third-order valence-electron chi connectivity index (χ3n) is 4.76. The lowest BCUT2D eigenvalue weighted by Crippen LogP contribution is -2.39. The predicted molar refractivity (Wildman–Crippen MR) is 99.8 cm³/mol. The standard InChI is InChI=1S/C20H17N3O4/c1-12(24)17-16-18(23(21-17)14-8-10-15(27-2)11-9-14)20(26)22(19(16)25)13-6-4-3-5-7-13/h3-11,16,18H,1-2H3/t16-,18-/m1/s1. The number of nitrogens with zero attached hydrogens (tertiary/aromatic N) is 3. The van der Waals surface area contributed by atoms with E-state index in [1.54, 1.807) is 55.6 Å². The number of para-hydroxylation sites is 1. The van der Waals surface area contributed by atoms with Crippen LogP contribution in [0.4, 0.5) is 11.4 Å². The van der Waals surface area contributed by atoms with E-state index in [0.29, 0.717) is 17.1 Å². The number of anilines is 2. The number of carbonyl (C=O) groups excluding carboxylic acids is 3. The van der Waals surface area contributed by atoms with Gasteiger partial charge in [0.05, 0.1) is 18.5 Å². The molecule has 7 nitrogen and oxygen atoms in total. The van der Waals surface area contributed by atoms with Gasteiger partial charge in [0.2, 0.25) is 5.91 Å². The number of amides is 2. The van der Waals surface area contributed by atoms with Gasteiger partial charge in [0.15, 0.2) is 5.78 Å². The summed E-state index contributed by atoms with van der Waals surface area (Å²) in [6.07, 6.45) is 0. The third kappa shape index (κ3) is 2.59. The Morgan fingerprint density at radius 2 is 1.63 bits per heavy atom. The lowest BCUT2D eigenvalue weighted by molar-refractivity contribution is -0.122. The first kappa shape index (κ1) is 17.0. The van der Waals surface area contributed by atoms with Crippen LogP contribution in [0.15, 0.2) is 59.7 Å². The van der Waals surface area contributed by atoms with Crippen LogP contribution in [0.3, 0.4) is 0 Å². The highest BCUT2D eigenvalue weighted by atomic mass is 16.5. The first-order valence-corrected chi connectivity index (χ1v) is 8.48. The Morgan fingerprint density at radius 3 is 2.22 bits per heavy atom. The molecule has 0 radical (unpaired) electrons. The van der Waals surface area contributed by atoms with E-state index in [9.17, 15) is 14.4 Å². The van der Waals surface area contributed by atoms with E-state index in [4.69, 9.17) is 4.74 Å². The van der Waals surface area contributed by atoms with Gasteiger partial charge in [-0.3, -0.25) is 19.4 Å². The van der Waals surface area contributed by atoms with Crippen molar-refractivity contribution >= 4 is 34.7 Å². The Labute approximate surface area is 155 Å². The Balaban J connectivity index is 1.78. The Hall–Kier alpha value is -3.48. The molecule has 0 spiro atoms. The molecule has 0 aliphatic carbocycles. The van der Waals surface area contributed by atoms with Crippen molar-refractivity contribution in [2.75, 3.05) is 17.0 Å². The maximum Gasteiger partial charge on any atom is 0.259 e. The van der Waals surface area contributed by atoms with Crippen LogP contribution in [0, 0.1) is 5.92 Å². The molecule has 0 aromatic heterocycles. The van der Waals surface area contributed by atoms with Gasteiger partial charge in [-0.05, 0) is 36.4 Å². The summed E-state index contributed by atoms with van der Waals surface area (Å²) in [4.78, 5) is 39.4. The summed E-state index contributed by atoms with van der Waals surface area (Å²) in [6, 6.07) is 14.8. The largest absolute Gasteiger partial charge is 0.497 e. The summed E-state index contributed by atoms with van der Waals surface area (Å²) in [6.45, 7) is 1.36. The van der Waals surface area contributed by atoms with E-state index in [2.05, 4.69) is 5.10 Å². The number of fused-ring (bicyclic) bond motifs is 1. The van der Waals surface area contributed by atoms with Crippen molar-refractivity contribution in [1.82, 2.24) is 0 Å². The fourth-order valence-electron chi connectivity index (χ4n) is 3.48. The molecule has 0 bridgehead atoms. The monoisotopic (exact) mass is 363 g/mol. The molecular formula is C20H17N3O4. The second-order valence-corrected chi connectivity index (χ2v) is 6.35. The van der Waals surface area contributed by atoms with Gasteiger partial charge < -0.3 is 4.74 Å². The van der Waals surface area contributed by atoms with Crippen LogP contribution < -0.4 is 14.6 Å². The van der Waals surface area contributed by atoms with Crippen molar-refractivity contribution in [2.45, 2.75) is 13.0 Å². The number of Topliss-reactive ketones (excluding diaryl/α,β-unsaturated/α-hetero) is 1. The highest BCUT2D eigenvalue weighted by molar-refractivity contribution is 6.48. The Morgan fingerprint density at radius 1 is 0.963 bits per heavy atom. The van der Waals surface area contributed by atoms with Gasteiger partial charge in [-0.25, -0.2) is 4.90 Å². The molecule has 2 heterocycles. The number of rotatable bonds is 4. The van der Waals surface area contributed by atoms with Gasteiger partial charge in [0.1, 0.15) is 23.4 Å². The lowest BCUT2D eigenvalue weighted by atomic mass is 9.95. The SMILES string of the molecule is COc1ccc(N2N=C(C(C)=O)[C@H]3C(=O)N(c4ccccc4)C(=O)[C@@H]32)cc1. The molecule has 1 fully saturated rings. The van der Waals surface area contributed by atoms with Crippen LogP contribution in [-0.4, -0.2) is 36.5 Å². The van der Waals surface area contributed by atoms with Gasteiger partial charge in [0, 0.05) is 6.92 Å². The molecule has 0 unspecified atom stereocenters. The number of hydrogen-bond acceptors (Lipinski definition) is 6. The highest BCUT2D eigenvalue weighted by Gasteiger charge is 2.58. The summed E-state index contributed by atoms with van der Waals surface area (Å²) < 4.78 is 5.15. The molecule has 0 saturated carbocycles. The number of carbonyl (C=O) groups is 3. The molecule has 4 rings (SSSR count). The topological polar surface area (TPSA) is 79.3 Å². The van der Waals surface area contributed by atoms with Crippen molar-refractivity contribution in [3.63, 3.8) is 0 Å². The molecule has 2 aliphatic rings. The maximum absolute atomic E-state index is 13.1. The van der Waals surface area contributed by atoms with E-state index in [-0.39, 0.29) is 11.5 Å². The molecule has 0 N–H and O–H groups in total. The molecular weight excluding hydrogens is 346 g/mol. The number of imide groups is 1. The minimum absolute atomic E-state index is 0.104. The van der Waals surface area contributed by atoms with E-state index in [1.165, 1.54) is 11.9 Å². The fraction of sp³-hybridized carbons (Fsp3) is 0.200. The van der Waals surface area contributed by atoms with Crippen LogP contribution in [0.2, 0.25) is 0 Å². The van der Waals surface area contributed by atoms with Crippen LogP contribution in [-0.2, 0) is 14.4 Å². The summed E-state index contributed by atoms with van der Waals surface area (Å²) in [5.74, 6) is -1.40. The van der Waals surface area contributed by atoms with Gasteiger partial charge in [-0.2, -0.15) is 5.10 Å². The van der Waals surface area contributed by atoms with Gasteiger partial charge >= 0.3 is 0 Å². The van der Waals surface area contributed by atoms with Crippen LogP contribution >= 0.6 is 0 Å². The maximum atomic E-state index is 13.1. The molecule has 27 heavy (non-hydrogen) atoms. The minimum Gasteiger partial charge on any atom is -0.497 e. The minimum atomic E-state index is -0.905. The van der Waals surface area contributed by atoms with Crippen molar-refractivity contribution in [3.05, 3.63) is 54.6 Å². The Bertz CT molecular complexity index is 953. The molecule has 2 amide bonds. The lowest BCUT2D eigenvalue weighted by Gasteiger charge is -2.22. The van der Waals surface area contributed by atoms with Crippen LogP contribution in [0.25, 0.3) is 0 Å². The predicted octanol–water partition coefficient (Wildman–Crippen LogP) is 2.02. The van der Waals surface area contributed by atoms with Crippen LogP contribution in [0.1, 0.15) is 6.92 Å². The van der Waals surface area contributed by atoms with E-state index >= 15 is 0 Å². The normalized spacial score (nSPS) is 21.3. The van der Waals surface area contributed by atoms with Gasteiger partial charge in [0.25, 0.3) is 5.91 Å². The summed E-state index contributed by atoms with van der Waals surface area (Å²) in [5, 5.41) is 5.78. The van der Waals surface area contributed by atoms with Crippen molar-refractivity contribution < 1.29 is 19.1 Å². The zero-order valence-electron chi connectivity index (χ0n) is 14.8. The number of ketones is 1.